The van der Waals surface area contributed by atoms with Gasteiger partial charge >= 0.3 is 5.97 Å². The van der Waals surface area contributed by atoms with E-state index in [-0.39, 0.29) is 23.7 Å². The zero-order valence-corrected chi connectivity index (χ0v) is 18.2. The van der Waals surface area contributed by atoms with Crippen LogP contribution >= 0.6 is 11.8 Å². The van der Waals surface area contributed by atoms with Crippen molar-refractivity contribution >= 4 is 35.5 Å². The van der Waals surface area contributed by atoms with Gasteiger partial charge in [-0.1, -0.05) is 25.0 Å². The van der Waals surface area contributed by atoms with E-state index in [4.69, 9.17) is 4.74 Å². The molecule has 1 aromatic carbocycles. The van der Waals surface area contributed by atoms with E-state index in [2.05, 4.69) is 5.32 Å². The average Bonchev–Trinajstić information content (AvgIpc) is 3.03. The van der Waals surface area contributed by atoms with Crippen molar-refractivity contribution in [1.82, 2.24) is 10.2 Å². The zero-order valence-electron chi connectivity index (χ0n) is 17.4. The molecule has 0 radical (unpaired) electrons. The van der Waals surface area contributed by atoms with Crippen LogP contribution in [0.2, 0.25) is 0 Å². The summed E-state index contributed by atoms with van der Waals surface area (Å²) < 4.78 is 4.92. The van der Waals surface area contributed by atoms with E-state index in [1.165, 1.54) is 7.11 Å². The molecule has 7 nitrogen and oxygen atoms in total. The van der Waals surface area contributed by atoms with Crippen molar-refractivity contribution in [2.45, 2.75) is 38.1 Å². The maximum Gasteiger partial charge on any atom is 0.309 e. The lowest BCUT2D eigenvalue weighted by Crippen LogP contribution is -2.51. The molecule has 0 saturated heterocycles. The summed E-state index contributed by atoms with van der Waals surface area (Å²) in [6, 6.07) is 5.77. The maximum atomic E-state index is 13.1. The number of carbonyl (C=O) groups is 4. The lowest BCUT2D eigenvalue weighted by Gasteiger charge is -2.31. The van der Waals surface area contributed by atoms with E-state index in [1.807, 2.05) is 6.26 Å². The molecule has 3 amide bonds. The number of nitrogens with one attached hydrogen (secondary N) is 1. The Kier molecular flexibility index (Phi) is 7.53. The molecular formula is C22H28N2O5S. The fourth-order valence-electron chi connectivity index (χ4n) is 4.36. The van der Waals surface area contributed by atoms with Gasteiger partial charge in [-0.05, 0) is 49.3 Å². The molecule has 1 aromatic rings. The van der Waals surface area contributed by atoms with Crippen molar-refractivity contribution in [3.05, 3.63) is 35.4 Å². The molecule has 1 fully saturated rings. The molecule has 30 heavy (non-hydrogen) atoms. The zero-order chi connectivity index (χ0) is 21.7. The van der Waals surface area contributed by atoms with Crippen LogP contribution in [0, 0.1) is 11.8 Å². The molecule has 1 aliphatic carbocycles. The molecule has 1 saturated carbocycles. The fraction of sp³-hybridized carbons (Fsp3) is 0.545. The molecule has 3 rings (SSSR count). The number of nitrogens with zero attached hydrogens (tertiary/aromatic N) is 1. The minimum atomic E-state index is -0.870. The number of fused-ring (bicyclic) bond motifs is 1. The molecular weight excluding hydrogens is 404 g/mol. The normalized spacial score (nSPS) is 21.9. The number of methoxy groups -OCH3 is 1. The topological polar surface area (TPSA) is 92.8 Å². The van der Waals surface area contributed by atoms with Gasteiger partial charge in [0.05, 0.1) is 24.2 Å². The third-order valence-electron chi connectivity index (χ3n) is 5.99. The van der Waals surface area contributed by atoms with Gasteiger partial charge in [-0.25, -0.2) is 0 Å². The Bertz CT molecular complexity index is 793. The Balaban J connectivity index is 1.73. The van der Waals surface area contributed by atoms with Crippen molar-refractivity contribution in [3.63, 3.8) is 0 Å². The number of hydrogen-bond acceptors (Lipinski definition) is 6. The summed E-state index contributed by atoms with van der Waals surface area (Å²) in [6.45, 7) is 0.331. The molecule has 162 valence electrons. The summed E-state index contributed by atoms with van der Waals surface area (Å²) in [7, 11) is 1.38. The lowest BCUT2D eigenvalue weighted by molar-refractivity contribution is -0.148. The quantitative estimate of drug-likeness (QED) is 0.501. The largest absolute Gasteiger partial charge is 0.469 e. The van der Waals surface area contributed by atoms with Gasteiger partial charge in [-0.15, -0.1) is 0 Å². The van der Waals surface area contributed by atoms with E-state index < -0.39 is 17.9 Å². The van der Waals surface area contributed by atoms with E-state index in [1.54, 1.807) is 36.0 Å². The molecule has 8 heteroatoms. The van der Waals surface area contributed by atoms with Gasteiger partial charge < -0.3 is 10.1 Å². The van der Waals surface area contributed by atoms with Crippen molar-refractivity contribution in [2.24, 2.45) is 11.8 Å². The van der Waals surface area contributed by atoms with Gasteiger partial charge in [0, 0.05) is 6.54 Å². The first kappa shape index (κ1) is 22.3. The highest BCUT2D eigenvalue weighted by molar-refractivity contribution is 7.98. The lowest BCUT2D eigenvalue weighted by atomic mass is 9.79. The molecule has 3 atom stereocenters. The van der Waals surface area contributed by atoms with Crippen LogP contribution in [-0.2, 0) is 14.3 Å². The molecule has 0 spiro atoms. The number of thioether (sulfide) groups is 1. The van der Waals surface area contributed by atoms with Crippen LogP contribution in [0.3, 0.4) is 0 Å². The third-order valence-corrected chi connectivity index (χ3v) is 6.63. The molecule has 2 aliphatic rings. The highest BCUT2D eigenvalue weighted by atomic mass is 32.2. The Hall–Kier alpha value is -2.35. The smallest absolute Gasteiger partial charge is 0.309 e. The van der Waals surface area contributed by atoms with Gasteiger partial charge in [-0.2, -0.15) is 11.8 Å². The van der Waals surface area contributed by atoms with Crippen LogP contribution in [0.5, 0.6) is 0 Å². The Morgan fingerprint density at radius 2 is 1.80 bits per heavy atom. The van der Waals surface area contributed by atoms with Crippen LogP contribution in [0.15, 0.2) is 24.3 Å². The van der Waals surface area contributed by atoms with Crippen molar-refractivity contribution < 1.29 is 23.9 Å². The van der Waals surface area contributed by atoms with Crippen molar-refractivity contribution in [3.8, 4) is 0 Å². The number of imide groups is 1. The number of hydrogen-bond donors (Lipinski definition) is 1. The molecule has 0 aromatic heterocycles. The Morgan fingerprint density at radius 3 is 2.40 bits per heavy atom. The Morgan fingerprint density at radius 1 is 1.17 bits per heavy atom. The van der Waals surface area contributed by atoms with Gasteiger partial charge in [0.25, 0.3) is 11.8 Å². The monoisotopic (exact) mass is 432 g/mol. The summed E-state index contributed by atoms with van der Waals surface area (Å²) >= 11 is 1.56. The number of carbonyl (C=O) groups excluding carboxylic acids is 4. The molecule has 1 heterocycles. The molecule has 1 N–H and O–H groups in total. The first-order valence-corrected chi connectivity index (χ1v) is 11.7. The third kappa shape index (κ3) is 4.53. The second-order valence-electron chi connectivity index (χ2n) is 7.74. The first-order valence-electron chi connectivity index (χ1n) is 10.3. The Labute approximate surface area is 180 Å². The second kappa shape index (κ2) is 10.1. The molecule has 3 unspecified atom stereocenters. The van der Waals surface area contributed by atoms with E-state index >= 15 is 0 Å². The maximum absolute atomic E-state index is 13.1. The number of esters is 1. The number of ether oxygens (including phenoxy) is 1. The predicted octanol–water partition coefficient (Wildman–Crippen LogP) is 2.50. The summed E-state index contributed by atoms with van der Waals surface area (Å²) in [5, 5.41) is 2.91. The SMILES string of the molecule is COC(=O)C1CCCCC1CNC(=O)C(CCSC)N1C(=O)c2ccccc2C1=O. The van der Waals surface area contributed by atoms with Crippen LogP contribution in [0.1, 0.15) is 52.8 Å². The summed E-state index contributed by atoms with van der Waals surface area (Å²) in [5.74, 6) is -1.05. The summed E-state index contributed by atoms with van der Waals surface area (Å²) in [6.07, 6.45) is 5.85. The standard InChI is InChI=1S/C22H28N2O5S/c1-29-22(28)15-8-4-3-7-14(15)13-23-19(25)18(11-12-30-2)24-20(26)16-9-5-6-10-17(16)21(24)27/h5-6,9-10,14-15,18H,3-4,7-8,11-13H2,1-2H3,(H,23,25). The van der Waals surface area contributed by atoms with Gasteiger partial charge in [0.15, 0.2) is 0 Å². The minimum Gasteiger partial charge on any atom is -0.469 e. The van der Waals surface area contributed by atoms with Crippen molar-refractivity contribution in [2.75, 3.05) is 25.7 Å². The average molecular weight is 433 g/mol. The minimum absolute atomic E-state index is 0.00136. The fourth-order valence-corrected chi connectivity index (χ4v) is 4.82. The highest BCUT2D eigenvalue weighted by Gasteiger charge is 2.42. The molecule has 1 aliphatic heterocycles. The van der Waals surface area contributed by atoms with E-state index in [0.717, 1.165) is 30.6 Å². The number of rotatable bonds is 8. The summed E-state index contributed by atoms with van der Waals surface area (Å²) in [5.41, 5.74) is 0.671. The van der Waals surface area contributed by atoms with E-state index in [9.17, 15) is 19.2 Å². The van der Waals surface area contributed by atoms with Crippen LogP contribution in [0.4, 0.5) is 0 Å². The van der Waals surface area contributed by atoms with Crippen LogP contribution in [0.25, 0.3) is 0 Å². The van der Waals surface area contributed by atoms with Gasteiger partial charge in [0.1, 0.15) is 6.04 Å². The number of benzene rings is 1. The van der Waals surface area contributed by atoms with Gasteiger partial charge in [0.2, 0.25) is 5.91 Å². The van der Waals surface area contributed by atoms with Crippen molar-refractivity contribution in [1.29, 1.82) is 0 Å². The van der Waals surface area contributed by atoms with Crippen LogP contribution in [-0.4, -0.2) is 60.3 Å². The van der Waals surface area contributed by atoms with E-state index in [0.29, 0.717) is 29.8 Å². The van der Waals surface area contributed by atoms with Crippen LogP contribution < -0.4 is 5.32 Å². The number of amides is 3. The highest BCUT2D eigenvalue weighted by Crippen LogP contribution is 2.31. The van der Waals surface area contributed by atoms with Gasteiger partial charge in [-0.3, -0.25) is 24.1 Å². The second-order valence-corrected chi connectivity index (χ2v) is 8.73. The first-order chi connectivity index (χ1) is 14.5. The summed E-state index contributed by atoms with van der Waals surface area (Å²) in [4.78, 5) is 52.0. The predicted molar refractivity (Wildman–Crippen MR) is 114 cm³/mol. The molecule has 0 bridgehead atoms.